The van der Waals surface area contributed by atoms with E-state index in [0.717, 1.165) is 38.8 Å². The molecule has 3 aliphatic rings. The molecule has 126 valence electrons. The Bertz CT molecular complexity index is 441. The summed E-state index contributed by atoms with van der Waals surface area (Å²) in [5.74, 6) is -2.41. The summed E-state index contributed by atoms with van der Waals surface area (Å²) in [4.78, 5) is 13.4. The van der Waals surface area contributed by atoms with Gasteiger partial charge >= 0.3 is 5.97 Å². The summed E-state index contributed by atoms with van der Waals surface area (Å²) in [6.45, 7) is 1.52. The third-order valence-corrected chi connectivity index (χ3v) is 6.08. The van der Waals surface area contributed by atoms with Crippen LogP contribution in [0, 0.1) is 16.7 Å². The van der Waals surface area contributed by atoms with Gasteiger partial charge in [0.15, 0.2) is 0 Å². The number of hydrogen-bond donors (Lipinski definition) is 1. The minimum absolute atomic E-state index is 0.141. The van der Waals surface area contributed by atoms with Crippen LogP contribution in [0.3, 0.4) is 0 Å². The molecule has 0 bridgehead atoms. The summed E-state index contributed by atoms with van der Waals surface area (Å²) in [6.07, 6.45) is 4.45. The van der Waals surface area contributed by atoms with Gasteiger partial charge in [0.1, 0.15) is 0 Å². The summed E-state index contributed by atoms with van der Waals surface area (Å²) in [6, 6.07) is 0. The molecule has 1 aliphatic heterocycles. The lowest BCUT2D eigenvalue weighted by Crippen LogP contribution is -2.49. The Morgan fingerprint density at radius 3 is 2.36 bits per heavy atom. The first-order valence-corrected chi connectivity index (χ1v) is 8.12. The fourth-order valence-electron chi connectivity index (χ4n) is 4.42. The lowest BCUT2D eigenvalue weighted by Gasteiger charge is -2.52. The van der Waals surface area contributed by atoms with Crippen molar-refractivity contribution in [2.24, 2.45) is 16.7 Å². The van der Waals surface area contributed by atoms with Crippen LogP contribution in [-0.2, 0) is 9.53 Å². The maximum absolute atomic E-state index is 13.4. The Morgan fingerprint density at radius 1 is 1.32 bits per heavy atom. The molecule has 22 heavy (non-hydrogen) atoms. The van der Waals surface area contributed by atoms with Crippen molar-refractivity contribution in [3.63, 3.8) is 0 Å². The number of hydrogen-bond acceptors (Lipinski definition) is 4. The van der Waals surface area contributed by atoms with Crippen LogP contribution in [0.4, 0.5) is 8.78 Å². The van der Waals surface area contributed by atoms with Crippen molar-refractivity contribution in [2.75, 3.05) is 33.4 Å². The molecule has 1 heterocycles. The van der Waals surface area contributed by atoms with Crippen molar-refractivity contribution < 1.29 is 23.4 Å². The number of likely N-dealkylation sites (tertiary alicyclic amines) is 1. The maximum atomic E-state index is 13.4. The molecule has 1 N–H and O–H groups in total. The fraction of sp³-hybridized carbons (Fsp3) is 0.938. The highest BCUT2D eigenvalue weighted by molar-refractivity contribution is 5.69. The number of nitrogens with zero attached hydrogens (tertiary/aromatic N) is 1. The number of esters is 1. The monoisotopic (exact) mass is 317 g/mol. The van der Waals surface area contributed by atoms with Crippen molar-refractivity contribution in [1.82, 2.24) is 4.90 Å². The second-order valence-electron chi connectivity index (χ2n) is 7.65. The molecular formula is C16H25F2NO3. The number of alkyl halides is 2. The van der Waals surface area contributed by atoms with E-state index in [1.807, 2.05) is 0 Å². The van der Waals surface area contributed by atoms with Gasteiger partial charge in [-0.05, 0) is 50.1 Å². The lowest BCUT2D eigenvalue weighted by molar-refractivity contribution is -0.144. The molecule has 1 saturated heterocycles. The number of piperidine rings is 1. The van der Waals surface area contributed by atoms with E-state index in [4.69, 9.17) is 4.74 Å². The summed E-state index contributed by atoms with van der Waals surface area (Å²) in [7, 11) is 1.42. The molecule has 0 aromatic rings. The van der Waals surface area contributed by atoms with Gasteiger partial charge in [-0.25, -0.2) is 8.78 Å². The van der Waals surface area contributed by atoms with Gasteiger partial charge in [-0.1, -0.05) is 0 Å². The molecule has 0 aromatic carbocycles. The molecule has 0 aromatic heterocycles. The molecule has 1 atom stereocenters. The number of halogens is 2. The van der Waals surface area contributed by atoms with Crippen LogP contribution >= 0.6 is 0 Å². The van der Waals surface area contributed by atoms with Crippen LogP contribution in [0.15, 0.2) is 0 Å². The molecule has 0 amide bonds. The second-order valence-corrected chi connectivity index (χ2v) is 7.65. The molecule has 3 fully saturated rings. The third kappa shape index (κ3) is 2.75. The summed E-state index contributed by atoms with van der Waals surface area (Å²) < 4.78 is 31.5. The highest BCUT2D eigenvalue weighted by Crippen LogP contribution is 2.61. The van der Waals surface area contributed by atoms with E-state index in [1.54, 1.807) is 0 Å². The smallest absolute Gasteiger partial charge is 0.305 e. The van der Waals surface area contributed by atoms with E-state index in [9.17, 15) is 18.7 Å². The summed E-state index contributed by atoms with van der Waals surface area (Å²) in [5.41, 5.74) is -0.877. The number of ether oxygens (including phenoxy) is 1. The van der Waals surface area contributed by atoms with Gasteiger partial charge in [-0.2, -0.15) is 0 Å². The van der Waals surface area contributed by atoms with E-state index in [-0.39, 0.29) is 12.4 Å². The van der Waals surface area contributed by atoms with Crippen molar-refractivity contribution >= 4 is 5.97 Å². The molecule has 6 heteroatoms. The molecule has 4 nitrogen and oxygen atoms in total. The standard InChI is InChI=1S/C16H25F2NO3/c1-22-13(21)6-12-7-14(8-12)2-4-19(5-3-14)10-15(11-20)9-16(15,17)18/h12,20H,2-11H2,1H3/t15-/m1/s1. The quantitative estimate of drug-likeness (QED) is 0.789. The number of aliphatic hydroxyl groups excluding tert-OH is 1. The predicted octanol–water partition coefficient (Wildman–Crippen LogP) is 2.06. The zero-order valence-electron chi connectivity index (χ0n) is 13.1. The SMILES string of the molecule is COC(=O)CC1CC2(CCN(C[C@@]3(CO)CC3(F)F)CC2)C1. The number of aliphatic hydroxyl groups is 1. The van der Waals surface area contributed by atoms with Crippen molar-refractivity contribution in [3.8, 4) is 0 Å². The van der Waals surface area contributed by atoms with Crippen molar-refractivity contribution in [3.05, 3.63) is 0 Å². The Kier molecular flexibility index (Phi) is 3.96. The van der Waals surface area contributed by atoms with Crippen LogP contribution in [0.2, 0.25) is 0 Å². The minimum Gasteiger partial charge on any atom is -0.469 e. The first-order valence-electron chi connectivity index (χ1n) is 8.12. The number of carbonyl (C=O) groups excluding carboxylic acids is 1. The lowest BCUT2D eigenvalue weighted by atomic mass is 9.57. The van der Waals surface area contributed by atoms with Crippen LogP contribution in [-0.4, -0.2) is 55.2 Å². The van der Waals surface area contributed by atoms with Gasteiger partial charge in [-0.15, -0.1) is 0 Å². The molecule has 2 aliphatic carbocycles. The zero-order chi connectivity index (χ0) is 16.0. The van der Waals surface area contributed by atoms with E-state index in [2.05, 4.69) is 4.90 Å². The van der Waals surface area contributed by atoms with Gasteiger partial charge in [0, 0.05) is 19.4 Å². The van der Waals surface area contributed by atoms with Gasteiger partial charge in [0.2, 0.25) is 0 Å². The van der Waals surface area contributed by atoms with Crippen LogP contribution in [0.1, 0.15) is 38.5 Å². The van der Waals surface area contributed by atoms with Crippen LogP contribution in [0.25, 0.3) is 0 Å². The molecule has 2 saturated carbocycles. The third-order valence-electron chi connectivity index (χ3n) is 6.08. The average Bonchev–Trinajstić information content (AvgIpc) is 3.00. The van der Waals surface area contributed by atoms with Gasteiger partial charge in [0.25, 0.3) is 5.92 Å². The fourth-order valence-corrected chi connectivity index (χ4v) is 4.42. The number of carbonyl (C=O) groups is 1. The second kappa shape index (κ2) is 5.41. The Hall–Kier alpha value is -0.750. The maximum Gasteiger partial charge on any atom is 0.305 e. The molecular weight excluding hydrogens is 292 g/mol. The Labute approximate surface area is 129 Å². The highest BCUT2D eigenvalue weighted by atomic mass is 19.3. The van der Waals surface area contributed by atoms with E-state index in [0.29, 0.717) is 24.3 Å². The predicted molar refractivity (Wildman–Crippen MR) is 76.5 cm³/mol. The molecule has 1 spiro atoms. The van der Waals surface area contributed by atoms with Crippen molar-refractivity contribution in [1.29, 1.82) is 0 Å². The zero-order valence-corrected chi connectivity index (χ0v) is 13.1. The molecule has 0 radical (unpaired) electrons. The summed E-state index contributed by atoms with van der Waals surface area (Å²) >= 11 is 0. The number of methoxy groups -OCH3 is 1. The number of rotatable bonds is 5. The van der Waals surface area contributed by atoms with Crippen LogP contribution in [0.5, 0.6) is 0 Å². The van der Waals surface area contributed by atoms with E-state index >= 15 is 0 Å². The topological polar surface area (TPSA) is 49.8 Å². The van der Waals surface area contributed by atoms with E-state index < -0.39 is 17.9 Å². The molecule has 3 rings (SSSR count). The largest absolute Gasteiger partial charge is 0.469 e. The first-order chi connectivity index (χ1) is 10.3. The first kappa shape index (κ1) is 16.1. The van der Waals surface area contributed by atoms with Crippen molar-refractivity contribution in [2.45, 2.75) is 44.4 Å². The van der Waals surface area contributed by atoms with Gasteiger partial charge < -0.3 is 14.7 Å². The minimum atomic E-state index is -2.70. The van der Waals surface area contributed by atoms with Crippen LogP contribution < -0.4 is 0 Å². The average molecular weight is 317 g/mol. The summed E-state index contributed by atoms with van der Waals surface area (Å²) in [5, 5.41) is 9.27. The van der Waals surface area contributed by atoms with Gasteiger partial charge in [0.05, 0.1) is 19.1 Å². The van der Waals surface area contributed by atoms with Gasteiger partial charge in [-0.3, -0.25) is 4.79 Å². The molecule has 0 unspecified atom stereocenters. The highest BCUT2D eigenvalue weighted by Gasteiger charge is 2.71. The normalized spacial score (nSPS) is 33.5. The van der Waals surface area contributed by atoms with E-state index in [1.165, 1.54) is 7.11 Å². The Morgan fingerprint density at radius 2 is 1.91 bits per heavy atom. The Balaban J connectivity index is 1.44.